The van der Waals surface area contributed by atoms with E-state index in [9.17, 15) is 4.79 Å². The third-order valence-electron chi connectivity index (χ3n) is 5.18. The van der Waals surface area contributed by atoms with Crippen LogP contribution < -0.4 is 5.32 Å². The number of hydrogen-bond acceptors (Lipinski definition) is 5. The van der Waals surface area contributed by atoms with Crippen molar-refractivity contribution in [1.82, 2.24) is 15.2 Å². The van der Waals surface area contributed by atoms with E-state index in [4.69, 9.17) is 4.74 Å². The Balaban J connectivity index is 1.64. The summed E-state index contributed by atoms with van der Waals surface area (Å²) in [5, 5.41) is 5.80. The first-order valence-electron chi connectivity index (χ1n) is 9.05. The Morgan fingerprint density at radius 3 is 2.73 bits per heavy atom. The van der Waals surface area contributed by atoms with E-state index in [1.807, 2.05) is 25.3 Å². The number of thiazole rings is 1. The number of carbonyl (C=O) groups excluding carboxylic acids is 1. The first kappa shape index (κ1) is 18.9. The van der Waals surface area contributed by atoms with Gasteiger partial charge in [0.25, 0.3) is 0 Å². The molecule has 3 saturated heterocycles. The highest BCUT2D eigenvalue weighted by atomic mass is 32.1. The summed E-state index contributed by atoms with van der Waals surface area (Å²) in [6.45, 7) is 14.5. The minimum Gasteiger partial charge on any atom is -0.445 e. The van der Waals surface area contributed by atoms with Crippen LogP contribution in [0.15, 0.2) is 36.8 Å². The standard InChI is InChI=1S/C20H27N3O2S/c1-5-7-14(6-2)18-21-17(13-26-18)20(3,4)22-19(24)25-16-12-23-10-8-15(16)9-11-23/h5-7,13,15-16H,1-2,8-12H2,3-4H3,(H,22,24)/b14-7+. The number of amides is 1. The summed E-state index contributed by atoms with van der Waals surface area (Å²) in [6.07, 6.45) is 7.22. The van der Waals surface area contributed by atoms with Crippen molar-refractivity contribution in [2.75, 3.05) is 19.6 Å². The number of aromatic nitrogens is 1. The van der Waals surface area contributed by atoms with E-state index < -0.39 is 5.54 Å². The molecule has 0 radical (unpaired) electrons. The lowest BCUT2D eigenvalue weighted by Crippen LogP contribution is -2.53. The summed E-state index contributed by atoms with van der Waals surface area (Å²) in [7, 11) is 0. The van der Waals surface area contributed by atoms with Gasteiger partial charge in [0.1, 0.15) is 11.1 Å². The highest BCUT2D eigenvalue weighted by Gasteiger charge is 2.37. The Labute approximate surface area is 159 Å². The van der Waals surface area contributed by atoms with Crippen molar-refractivity contribution >= 4 is 23.0 Å². The second-order valence-corrected chi connectivity index (χ2v) is 8.29. The van der Waals surface area contributed by atoms with Gasteiger partial charge in [-0.25, -0.2) is 9.78 Å². The first-order chi connectivity index (χ1) is 12.4. The number of nitrogens with zero attached hydrogens (tertiary/aromatic N) is 2. The molecule has 0 spiro atoms. The molecule has 0 saturated carbocycles. The van der Waals surface area contributed by atoms with Crippen molar-refractivity contribution in [3.05, 3.63) is 47.5 Å². The lowest BCUT2D eigenvalue weighted by Gasteiger charge is -2.44. The van der Waals surface area contributed by atoms with Crippen LogP contribution >= 0.6 is 11.3 Å². The third-order valence-corrected chi connectivity index (χ3v) is 6.07. The molecule has 0 aromatic carbocycles. The van der Waals surface area contributed by atoms with Crippen LogP contribution in [-0.2, 0) is 10.3 Å². The van der Waals surface area contributed by atoms with Gasteiger partial charge in [0.2, 0.25) is 0 Å². The third kappa shape index (κ3) is 4.07. The first-order valence-corrected chi connectivity index (χ1v) is 9.93. The average Bonchev–Trinajstić information content (AvgIpc) is 3.11. The molecule has 0 aliphatic carbocycles. The van der Waals surface area contributed by atoms with E-state index in [1.165, 1.54) is 11.3 Å². The minimum absolute atomic E-state index is 0.00203. The second kappa shape index (κ2) is 7.76. The normalized spacial score (nSPS) is 25.6. The zero-order chi connectivity index (χ0) is 18.7. The highest BCUT2D eigenvalue weighted by Crippen LogP contribution is 2.30. The van der Waals surface area contributed by atoms with Crippen molar-refractivity contribution in [2.45, 2.75) is 38.3 Å². The Kier molecular flexibility index (Phi) is 5.63. The predicted octanol–water partition coefficient (Wildman–Crippen LogP) is 3.95. The second-order valence-electron chi connectivity index (χ2n) is 7.43. The molecule has 1 N–H and O–H groups in total. The SMILES string of the molecule is C=C/C=C(\C=C)c1nc(C(C)(C)NC(=O)OC2CN3CCC2CC3)cs1. The molecule has 5 nitrogen and oxygen atoms in total. The summed E-state index contributed by atoms with van der Waals surface area (Å²) in [5.41, 5.74) is 1.11. The van der Waals surface area contributed by atoms with Crippen molar-refractivity contribution < 1.29 is 9.53 Å². The van der Waals surface area contributed by atoms with Crippen molar-refractivity contribution in [1.29, 1.82) is 0 Å². The number of piperidine rings is 3. The number of rotatable bonds is 6. The highest BCUT2D eigenvalue weighted by molar-refractivity contribution is 7.10. The zero-order valence-electron chi connectivity index (χ0n) is 15.5. The lowest BCUT2D eigenvalue weighted by molar-refractivity contribution is -0.0350. The number of carbonyl (C=O) groups is 1. The molecule has 3 aliphatic heterocycles. The topological polar surface area (TPSA) is 54.5 Å². The van der Waals surface area contributed by atoms with Gasteiger partial charge in [0.15, 0.2) is 0 Å². The molecule has 4 rings (SSSR count). The van der Waals surface area contributed by atoms with E-state index in [0.717, 1.165) is 48.8 Å². The molecule has 140 valence electrons. The van der Waals surface area contributed by atoms with Gasteiger partial charge in [-0.15, -0.1) is 11.3 Å². The molecular formula is C20H27N3O2S. The molecule has 3 aliphatic rings. The molecule has 1 aromatic rings. The van der Waals surface area contributed by atoms with Crippen LogP contribution in [0.3, 0.4) is 0 Å². The molecule has 2 bridgehead atoms. The number of fused-ring (bicyclic) bond motifs is 3. The maximum Gasteiger partial charge on any atom is 0.408 e. The van der Waals surface area contributed by atoms with Crippen LogP contribution in [0.4, 0.5) is 4.79 Å². The fraction of sp³-hybridized carbons (Fsp3) is 0.500. The van der Waals surface area contributed by atoms with Crippen LogP contribution in [0.5, 0.6) is 0 Å². The average molecular weight is 374 g/mol. The Morgan fingerprint density at radius 2 is 2.15 bits per heavy atom. The smallest absolute Gasteiger partial charge is 0.408 e. The largest absolute Gasteiger partial charge is 0.445 e. The van der Waals surface area contributed by atoms with E-state index in [-0.39, 0.29) is 12.2 Å². The summed E-state index contributed by atoms with van der Waals surface area (Å²) < 4.78 is 5.74. The fourth-order valence-electron chi connectivity index (χ4n) is 3.58. The van der Waals surface area contributed by atoms with Crippen LogP contribution in [0.2, 0.25) is 0 Å². The molecule has 3 fully saturated rings. The molecule has 1 amide bonds. The van der Waals surface area contributed by atoms with E-state index in [0.29, 0.717) is 5.92 Å². The van der Waals surface area contributed by atoms with Crippen LogP contribution in [-0.4, -0.2) is 41.7 Å². The van der Waals surface area contributed by atoms with Crippen LogP contribution in [0.1, 0.15) is 37.4 Å². The van der Waals surface area contributed by atoms with E-state index in [2.05, 4.69) is 28.4 Å². The van der Waals surface area contributed by atoms with Gasteiger partial charge in [-0.2, -0.15) is 0 Å². The van der Waals surface area contributed by atoms with Crippen molar-refractivity contribution in [3.8, 4) is 0 Å². The van der Waals surface area contributed by atoms with Gasteiger partial charge in [-0.05, 0) is 45.7 Å². The zero-order valence-corrected chi connectivity index (χ0v) is 16.3. The summed E-state index contributed by atoms with van der Waals surface area (Å²) in [6, 6.07) is 0. The molecule has 1 unspecified atom stereocenters. The number of ether oxygens (including phenoxy) is 1. The Hall–Kier alpha value is -1.92. The van der Waals surface area contributed by atoms with E-state index >= 15 is 0 Å². The number of alkyl carbamates (subject to hydrolysis) is 1. The van der Waals surface area contributed by atoms with Crippen molar-refractivity contribution in [2.24, 2.45) is 5.92 Å². The summed E-state index contributed by atoms with van der Waals surface area (Å²) in [5.74, 6) is 0.499. The molecule has 4 heterocycles. The van der Waals surface area contributed by atoms with Gasteiger partial charge in [0, 0.05) is 17.5 Å². The molecular weight excluding hydrogens is 346 g/mol. The van der Waals surface area contributed by atoms with Gasteiger partial charge in [0.05, 0.1) is 11.2 Å². The van der Waals surface area contributed by atoms with Gasteiger partial charge in [-0.1, -0.05) is 31.4 Å². The minimum atomic E-state index is -0.611. The van der Waals surface area contributed by atoms with Gasteiger partial charge < -0.3 is 10.1 Å². The Morgan fingerprint density at radius 1 is 1.42 bits per heavy atom. The maximum absolute atomic E-state index is 12.5. The van der Waals surface area contributed by atoms with E-state index in [1.54, 1.807) is 12.2 Å². The van der Waals surface area contributed by atoms with Gasteiger partial charge >= 0.3 is 6.09 Å². The molecule has 6 heteroatoms. The monoisotopic (exact) mass is 373 g/mol. The maximum atomic E-state index is 12.5. The number of hydrogen-bond donors (Lipinski definition) is 1. The van der Waals surface area contributed by atoms with Crippen LogP contribution in [0, 0.1) is 5.92 Å². The Bertz CT molecular complexity index is 714. The molecule has 26 heavy (non-hydrogen) atoms. The fourth-order valence-corrected chi connectivity index (χ4v) is 4.59. The predicted molar refractivity (Wildman–Crippen MR) is 106 cm³/mol. The molecule has 1 aromatic heterocycles. The number of allylic oxidation sites excluding steroid dienone is 4. The molecule has 1 atom stereocenters. The van der Waals surface area contributed by atoms with Crippen LogP contribution in [0.25, 0.3) is 5.57 Å². The van der Waals surface area contributed by atoms with Gasteiger partial charge in [-0.3, -0.25) is 4.90 Å². The summed E-state index contributed by atoms with van der Waals surface area (Å²) in [4.78, 5) is 19.5. The quantitative estimate of drug-likeness (QED) is 0.767. The lowest BCUT2D eigenvalue weighted by atomic mass is 9.86. The number of nitrogens with one attached hydrogen (secondary N) is 1. The summed E-state index contributed by atoms with van der Waals surface area (Å²) >= 11 is 1.52. The van der Waals surface area contributed by atoms with Crippen molar-refractivity contribution in [3.63, 3.8) is 0 Å².